The highest BCUT2D eigenvalue weighted by Crippen LogP contribution is 2.20. The first-order chi connectivity index (χ1) is 8.75. The summed E-state index contributed by atoms with van der Waals surface area (Å²) in [6, 6.07) is 13.9. The Labute approximate surface area is 108 Å². The van der Waals surface area contributed by atoms with E-state index in [0.29, 0.717) is 6.54 Å². The van der Waals surface area contributed by atoms with Crippen molar-refractivity contribution in [2.24, 2.45) is 0 Å². The van der Waals surface area contributed by atoms with Gasteiger partial charge in [0.15, 0.2) is 0 Å². The molecule has 0 amide bonds. The van der Waals surface area contributed by atoms with Crippen molar-refractivity contribution < 1.29 is 4.74 Å². The fourth-order valence-electron chi connectivity index (χ4n) is 1.67. The molecule has 0 spiro atoms. The van der Waals surface area contributed by atoms with Gasteiger partial charge in [-0.25, -0.2) is 4.98 Å². The molecule has 94 valence electrons. The largest absolute Gasteiger partial charge is 0.491 e. The maximum Gasteiger partial charge on any atom is 0.126 e. The van der Waals surface area contributed by atoms with Gasteiger partial charge in [-0.15, -0.1) is 0 Å². The number of aromatic nitrogens is 1. The zero-order valence-corrected chi connectivity index (χ0v) is 10.8. The molecule has 3 nitrogen and oxygen atoms in total. The Kier molecular flexibility index (Phi) is 4.18. The van der Waals surface area contributed by atoms with E-state index < -0.39 is 0 Å². The van der Waals surface area contributed by atoms with Gasteiger partial charge in [0.25, 0.3) is 0 Å². The minimum absolute atomic E-state index is 0.181. The molecule has 0 aliphatic rings. The molecule has 1 aromatic heterocycles. The van der Waals surface area contributed by atoms with Gasteiger partial charge in [0.2, 0.25) is 0 Å². The first-order valence-electron chi connectivity index (χ1n) is 6.15. The number of para-hydroxylation sites is 1. The van der Waals surface area contributed by atoms with Crippen molar-refractivity contribution in [1.82, 2.24) is 4.98 Å². The monoisotopic (exact) mass is 242 g/mol. The lowest BCUT2D eigenvalue weighted by Gasteiger charge is -2.14. The van der Waals surface area contributed by atoms with E-state index in [1.165, 1.54) is 0 Å². The average Bonchev–Trinajstić information content (AvgIpc) is 2.38. The van der Waals surface area contributed by atoms with Gasteiger partial charge in [-0.05, 0) is 32.0 Å². The second-order valence-corrected chi connectivity index (χ2v) is 4.34. The van der Waals surface area contributed by atoms with Crippen LogP contribution < -0.4 is 10.1 Å². The summed E-state index contributed by atoms with van der Waals surface area (Å²) >= 11 is 0. The molecule has 0 bridgehead atoms. The molecule has 2 aromatic rings. The highest BCUT2D eigenvalue weighted by Gasteiger charge is 2.04. The third-order valence-electron chi connectivity index (χ3n) is 2.46. The third kappa shape index (κ3) is 3.48. The van der Waals surface area contributed by atoms with Crippen LogP contribution >= 0.6 is 0 Å². The number of rotatable bonds is 5. The van der Waals surface area contributed by atoms with E-state index in [4.69, 9.17) is 4.74 Å². The summed E-state index contributed by atoms with van der Waals surface area (Å²) in [5.41, 5.74) is 1.14. The molecule has 2 rings (SSSR count). The Morgan fingerprint density at radius 1 is 1.11 bits per heavy atom. The molecule has 1 N–H and O–H groups in total. The van der Waals surface area contributed by atoms with E-state index in [-0.39, 0.29) is 6.10 Å². The minimum atomic E-state index is 0.181. The van der Waals surface area contributed by atoms with E-state index in [9.17, 15) is 0 Å². The van der Waals surface area contributed by atoms with E-state index in [1.54, 1.807) is 6.20 Å². The Balaban J connectivity index is 2.05. The fourth-order valence-corrected chi connectivity index (χ4v) is 1.67. The molecule has 0 fully saturated rings. The zero-order valence-electron chi connectivity index (χ0n) is 10.8. The highest BCUT2D eigenvalue weighted by molar-refractivity contribution is 5.39. The van der Waals surface area contributed by atoms with Gasteiger partial charge in [0.05, 0.1) is 6.10 Å². The fraction of sp³-hybridized carbons (Fsp3) is 0.267. The van der Waals surface area contributed by atoms with Gasteiger partial charge in [0.1, 0.15) is 11.6 Å². The quantitative estimate of drug-likeness (QED) is 0.871. The normalized spacial score (nSPS) is 10.4. The maximum absolute atomic E-state index is 5.77. The van der Waals surface area contributed by atoms with Gasteiger partial charge in [0, 0.05) is 18.3 Å². The molecule has 0 atom stereocenters. The van der Waals surface area contributed by atoms with Crippen LogP contribution in [-0.2, 0) is 6.54 Å². The van der Waals surface area contributed by atoms with Crippen molar-refractivity contribution in [1.29, 1.82) is 0 Å². The first-order valence-corrected chi connectivity index (χ1v) is 6.15. The Hall–Kier alpha value is -2.03. The third-order valence-corrected chi connectivity index (χ3v) is 2.46. The predicted octanol–water partition coefficient (Wildman–Crippen LogP) is 3.48. The summed E-state index contributed by atoms with van der Waals surface area (Å²) in [5, 5.41) is 3.28. The van der Waals surface area contributed by atoms with Crippen LogP contribution in [0.4, 0.5) is 5.82 Å². The molecule has 18 heavy (non-hydrogen) atoms. The van der Waals surface area contributed by atoms with Gasteiger partial charge in [-0.3, -0.25) is 0 Å². The SMILES string of the molecule is CC(C)Oc1ccccc1CNc1ccccn1. The first kappa shape index (κ1) is 12.4. The number of ether oxygens (including phenoxy) is 1. The van der Waals surface area contributed by atoms with Crippen LogP contribution in [0.3, 0.4) is 0 Å². The van der Waals surface area contributed by atoms with Crippen molar-refractivity contribution >= 4 is 5.82 Å². The number of nitrogens with one attached hydrogen (secondary N) is 1. The van der Waals surface area contributed by atoms with E-state index in [2.05, 4.69) is 16.4 Å². The number of pyridine rings is 1. The van der Waals surface area contributed by atoms with E-state index in [1.807, 2.05) is 50.2 Å². The minimum Gasteiger partial charge on any atom is -0.491 e. The molecule has 0 saturated carbocycles. The van der Waals surface area contributed by atoms with E-state index >= 15 is 0 Å². The van der Waals surface area contributed by atoms with Crippen molar-refractivity contribution in [2.75, 3.05) is 5.32 Å². The molecule has 0 aliphatic heterocycles. The smallest absolute Gasteiger partial charge is 0.126 e. The van der Waals surface area contributed by atoms with Crippen LogP contribution in [0.1, 0.15) is 19.4 Å². The summed E-state index contributed by atoms with van der Waals surface area (Å²) in [4.78, 5) is 4.23. The van der Waals surface area contributed by atoms with Crippen LogP contribution in [-0.4, -0.2) is 11.1 Å². The molecule has 1 heterocycles. The number of benzene rings is 1. The van der Waals surface area contributed by atoms with Crippen LogP contribution in [0.15, 0.2) is 48.7 Å². The van der Waals surface area contributed by atoms with Crippen LogP contribution in [0.2, 0.25) is 0 Å². The van der Waals surface area contributed by atoms with E-state index in [0.717, 1.165) is 17.1 Å². The molecule has 0 saturated heterocycles. The summed E-state index contributed by atoms with van der Waals surface area (Å²) in [6.45, 7) is 4.77. The van der Waals surface area contributed by atoms with Crippen molar-refractivity contribution in [3.05, 3.63) is 54.2 Å². The van der Waals surface area contributed by atoms with Gasteiger partial charge in [-0.2, -0.15) is 0 Å². The number of hydrogen-bond acceptors (Lipinski definition) is 3. The lowest BCUT2D eigenvalue weighted by atomic mass is 10.2. The lowest BCUT2D eigenvalue weighted by Crippen LogP contribution is -2.09. The second kappa shape index (κ2) is 6.05. The molecule has 1 aromatic carbocycles. The standard InChI is InChI=1S/C15H18N2O/c1-12(2)18-14-8-4-3-7-13(14)11-17-15-9-5-6-10-16-15/h3-10,12H,11H2,1-2H3,(H,16,17). The molecule has 3 heteroatoms. The topological polar surface area (TPSA) is 34.1 Å². The van der Waals surface area contributed by atoms with Gasteiger partial charge < -0.3 is 10.1 Å². The Morgan fingerprint density at radius 3 is 2.61 bits per heavy atom. The number of anilines is 1. The summed E-state index contributed by atoms with van der Waals surface area (Å²) in [6.07, 6.45) is 1.96. The van der Waals surface area contributed by atoms with Crippen LogP contribution in [0.5, 0.6) is 5.75 Å². The Bertz CT molecular complexity index is 483. The molecule has 0 unspecified atom stereocenters. The Morgan fingerprint density at radius 2 is 1.89 bits per heavy atom. The van der Waals surface area contributed by atoms with Crippen molar-refractivity contribution in [2.45, 2.75) is 26.5 Å². The predicted molar refractivity (Wildman–Crippen MR) is 73.8 cm³/mol. The summed E-state index contributed by atoms with van der Waals surface area (Å²) < 4.78 is 5.77. The van der Waals surface area contributed by atoms with Crippen molar-refractivity contribution in [3.63, 3.8) is 0 Å². The average molecular weight is 242 g/mol. The van der Waals surface area contributed by atoms with Gasteiger partial charge in [-0.1, -0.05) is 24.3 Å². The summed E-state index contributed by atoms with van der Waals surface area (Å²) in [5.74, 6) is 1.80. The lowest BCUT2D eigenvalue weighted by molar-refractivity contribution is 0.240. The maximum atomic E-state index is 5.77. The molecular weight excluding hydrogens is 224 g/mol. The van der Waals surface area contributed by atoms with Crippen molar-refractivity contribution in [3.8, 4) is 5.75 Å². The van der Waals surface area contributed by atoms with Gasteiger partial charge >= 0.3 is 0 Å². The molecule has 0 aliphatic carbocycles. The highest BCUT2D eigenvalue weighted by atomic mass is 16.5. The number of nitrogens with zero attached hydrogens (tertiary/aromatic N) is 1. The molecule has 0 radical (unpaired) electrons. The molecular formula is C15H18N2O. The zero-order chi connectivity index (χ0) is 12.8. The number of hydrogen-bond donors (Lipinski definition) is 1. The second-order valence-electron chi connectivity index (χ2n) is 4.34. The van der Waals surface area contributed by atoms with Crippen LogP contribution in [0, 0.1) is 0 Å². The summed E-state index contributed by atoms with van der Waals surface area (Å²) in [7, 11) is 0. The van der Waals surface area contributed by atoms with Crippen LogP contribution in [0.25, 0.3) is 0 Å².